The second kappa shape index (κ2) is 8.69. The van der Waals surface area contributed by atoms with E-state index in [1.165, 1.54) is 6.21 Å². The van der Waals surface area contributed by atoms with Crippen molar-refractivity contribution in [1.82, 2.24) is 5.43 Å². The summed E-state index contributed by atoms with van der Waals surface area (Å²) in [5.41, 5.74) is 3.63. The zero-order valence-corrected chi connectivity index (χ0v) is 13.7. The van der Waals surface area contributed by atoms with Crippen molar-refractivity contribution in [1.29, 1.82) is 0 Å². The number of nitrogens with zero attached hydrogens (tertiary/aromatic N) is 1. The summed E-state index contributed by atoms with van der Waals surface area (Å²) in [5, 5.41) is 6.97. The standard InChI is InChI=1S/C17H16ClN3O3/c1-24-15-4-2-3-12(9-15)11-19-21-17(23)10-16(22)20-14-7-5-13(18)6-8-14/h2-9,11H,10H2,1H3,(H,20,22)(H,21,23). The third-order valence-corrected chi connectivity index (χ3v) is 3.20. The van der Waals surface area contributed by atoms with E-state index in [0.717, 1.165) is 5.56 Å². The smallest absolute Gasteiger partial charge is 0.249 e. The molecule has 0 saturated heterocycles. The van der Waals surface area contributed by atoms with Crippen LogP contribution in [-0.4, -0.2) is 25.1 Å². The summed E-state index contributed by atoms with van der Waals surface area (Å²) in [7, 11) is 1.57. The van der Waals surface area contributed by atoms with Crippen LogP contribution < -0.4 is 15.5 Å². The van der Waals surface area contributed by atoms with Gasteiger partial charge < -0.3 is 10.1 Å². The second-order valence-corrected chi connectivity index (χ2v) is 5.24. The van der Waals surface area contributed by atoms with Gasteiger partial charge in [0.25, 0.3) is 0 Å². The van der Waals surface area contributed by atoms with Crippen molar-refractivity contribution in [2.75, 3.05) is 12.4 Å². The van der Waals surface area contributed by atoms with Crippen LogP contribution in [0.2, 0.25) is 5.02 Å². The van der Waals surface area contributed by atoms with E-state index in [2.05, 4.69) is 15.8 Å². The van der Waals surface area contributed by atoms with E-state index >= 15 is 0 Å². The number of benzene rings is 2. The Balaban J connectivity index is 1.80. The quantitative estimate of drug-likeness (QED) is 0.480. The molecule has 2 aromatic carbocycles. The number of carbonyl (C=O) groups is 2. The number of methoxy groups -OCH3 is 1. The molecule has 6 nitrogen and oxygen atoms in total. The Bertz CT molecular complexity index is 745. The number of amides is 2. The highest BCUT2D eigenvalue weighted by Crippen LogP contribution is 2.13. The van der Waals surface area contributed by atoms with Crippen molar-refractivity contribution in [3.05, 3.63) is 59.1 Å². The number of rotatable bonds is 6. The number of nitrogens with one attached hydrogen (secondary N) is 2. The maximum Gasteiger partial charge on any atom is 0.249 e. The highest BCUT2D eigenvalue weighted by atomic mass is 35.5. The Morgan fingerprint density at radius 3 is 2.62 bits per heavy atom. The average molecular weight is 346 g/mol. The molecule has 2 N–H and O–H groups in total. The zero-order chi connectivity index (χ0) is 17.4. The van der Waals surface area contributed by atoms with Gasteiger partial charge in [-0.2, -0.15) is 5.10 Å². The first-order valence-electron chi connectivity index (χ1n) is 7.08. The van der Waals surface area contributed by atoms with Crippen LogP contribution in [0.4, 0.5) is 5.69 Å². The van der Waals surface area contributed by atoms with E-state index in [9.17, 15) is 9.59 Å². The summed E-state index contributed by atoms with van der Waals surface area (Å²) in [6, 6.07) is 13.8. The molecule has 0 spiro atoms. The molecule has 0 bridgehead atoms. The number of carbonyl (C=O) groups excluding carboxylic acids is 2. The fourth-order valence-electron chi connectivity index (χ4n) is 1.82. The number of hydrogen-bond acceptors (Lipinski definition) is 4. The Hall–Kier alpha value is -2.86. The first kappa shape index (κ1) is 17.5. The summed E-state index contributed by atoms with van der Waals surface area (Å²) >= 11 is 5.76. The van der Waals surface area contributed by atoms with Crippen molar-refractivity contribution in [2.24, 2.45) is 5.10 Å². The largest absolute Gasteiger partial charge is 0.497 e. The van der Waals surface area contributed by atoms with Crippen LogP contribution >= 0.6 is 11.6 Å². The molecule has 0 aromatic heterocycles. The molecule has 0 aliphatic rings. The minimum Gasteiger partial charge on any atom is -0.497 e. The van der Waals surface area contributed by atoms with Crippen LogP contribution in [0.1, 0.15) is 12.0 Å². The average Bonchev–Trinajstić information content (AvgIpc) is 2.57. The van der Waals surface area contributed by atoms with Gasteiger partial charge in [-0.1, -0.05) is 23.7 Å². The van der Waals surface area contributed by atoms with Crippen molar-refractivity contribution >= 4 is 35.3 Å². The summed E-state index contributed by atoms with van der Waals surface area (Å²) in [5.74, 6) is -0.264. The molecule has 2 amide bonds. The molecule has 0 radical (unpaired) electrons. The molecule has 0 unspecified atom stereocenters. The number of ether oxygens (including phenoxy) is 1. The fraction of sp³-hybridized carbons (Fsp3) is 0.118. The molecule has 0 saturated carbocycles. The van der Waals surface area contributed by atoms with Crippen LogP contribution in [0, 0.1) is 0 Å². The Morgan fingerprint density at radius 1 is 1.17 bits per heavy atom. The maximum absolute atomic E-state index is 11.8. The number of hydrogen-bond donors (Lipinski definition) is 2. The first-order chi connectivity index (χ1) is 11.6. The maximum atomic E-state index is 11.8. The van der Waals surface area contributed by atoms with Gasteiger partial charge in [0.2, 0.25) is 11.8 Å². The van der Waals surface area contributed by atoms with Gasteiger partial charge in [-0.05, 0) is 42.0 Å². The van der Waals surface area contributed by atoms with Gasteiger partial charge in [0.05, 0.1) is 13.3 Å². The van der Waals surface area contributed by atoms with Gasteiger partial charge in [-0.3, -0.25) is 9.59 Å². The molecule has 2 rings (SSSR count). The molecule has 2 aromatic rings. The second-order valence-electron chi connectivity index (χ2n) is 4.80. The molecule has 0 fully saturated rings. The van der Waals surface area contributed by atoms with Gasteiger partial charge in [-0.25, -0.2) is 5.43 Å². The summed E-state index contributed by atoms with van der Waals surface area (Å²) in [6.07, 6.45) is 1.13. The van der Waals surface area contributed by atoms with Crippen LogP contribution in [0.25, 0.3) is 0 Å². The van der Waals surface area contributed by atoms with E-state index in [4.69, 9.17) is 16.3 Å². The topological polar surface area (TPSA) is 79.8 Å². The molecule has 24 heavy (non-hydrogen) atoms. The summed E-state index contributed by atoms with van der Waals surface area (Å²) < 4.78 is 5.09. The monoisotopic (exact) mass is 345 g/mol. The highest BCUT2D eigenvalue weighted by Gasteiger charge is 2.08. The molecule has 0 heterocycles. The molecule has 0 aliphatic carbocycles. The van der Waals surface area contributed by atoms with E-state index in [1.807, 2.05) is 12.1 Å². The Morgan fingerprint density at radius 2 is 1.92 bits per heavy atom. The van der Waals surface area contributed by atoms with Crippen molar-refractivity contribution in [3.8, 4) is 5.75 Å². The Labute approximate surface area is 144 Å². The van der Waals surface area contributed by atoms with E-state index in [1.54, 1.807) is 43.5 Å². The van der Waals surface area contributed by atoms with Crippen molar-refractivity contribution in [2.45, 2.75) is 6.42 Å². The molecule has 0 aliphatic heterocycles. The van der Waals surface area contributed by atoms with Gasteiger partial charge in [-0.15, -0.1) is 0 Å². The molecule has 0 atom stereocenters. The zero-order valence-electron chi connectivity index (χ0n) is 13.0. The fourth-order valence-corrected chi connectivity index (χ4v) is 1.95. The van der Waals surface area contributed by atoms with E-state index < -0.39 is 11.8 Å². The van der Waals surface area contributed by atoms with Gasteiger partial charge in [0.1, 0.15) is 12.2 Å². The van der Waals surface area contributed by atoms with Crippen molar-refractivity contribution in [3.63, 3.8) is 0 Å². The highest BCUT2D eigenvalue weighted by molar-refractivity contribution is 6.30. The molecular weight excluding hydrogens is 330 g/mol. The van der Waals surface area contributed by atoms with E-state index in [-0.39, 0.29) is 6.42 Å². The SMILES string of the molecule is COc1cccc(C=NNC(=O)CC(=O)Nc2ccc(Cl)cc2)c1. The minimum atomic E-state index is -0.513. The number of halogens is 1. The lowest BCUT2D eigenvalue weighted by Crippen LogP contribution is -2.24. The normalized spacial score (nSPS) is 10.4. The van der Waals surface area contributed by atoms with Crippen LogP contribution in [0.3, 0.4) is 0 Å². The third-order valence-electron chi connectivity index (χ3n) is 2.95. The van der Waals surface area contributed by atoms with Crippen molar-refractivity contribution < 1.29 is 14.3 Å². The first-order valence-corrected chi connectivity index (χ1v) is 7.46. The molecular formula is C17H16ClN3O3. The van der Waals surface area contributed by atoms with Gasteiger partial charge in [0, 0.05) is 10.7 Å². The number of anilines is 1. The summed E-state index contributed by atoms with van der Waals surface area (Å²) in [4.78, 5) is 23.4. The Kier molecular flexibility index (Phi) is 6.33. The van der Waals surface area contributed by atoms with E-state index in [0.29, 0.717) is 16.5 Å². The third kappa shape index (κ3) is 5.73. The van der Waals surface area contributed by atoms with Crippen LogP contribution in [-0.2, 0) is 9.59 Å². The summed E-state index contributed by atoms with van der Waals surface area (Å²) in [6.45, 7) is 0. The predicted molar refractivity (Wildman–Crippen MR) is 93.4 cm³/mol. The van der Waals surface area contributed by atoms with Crippen LogP contribution in [0.5, 0.6) is 5.75 Å². The number of hydrazone groups is 1. The molecule has 7 heteroatoms. The predicted octanol–water partition coefficient (Wildman–Crippen LogP) is 2.83. The minimum absolute atomic E-state index is 0.335. The van der Waals surface area contributed by atoms with Gasteiger partial charge >= 0.3 is 0 Å². The lowest BCUT2D eigenvalue weighted by Gasteiger charge is -2.04. The lowest BCUT2D eigenvalue weighted by atomic mass is 10.2. The van der Waals surface area contributed by atoms with Gasteiger partial charge in [0.15, 0.2) is 0 Å². The van der Waals surface area contributed by atoms with Crippen LogP contribution in [0.15, 0.2) is 53.6 Å². The lowest BCUT2D eigenvalue weighted by molar-refractivity contribution is -0.126. The molecule has 124 valence electrons.